The number of aryl methyl sites for hydroxylation is 1. The van der Waals surface area contributed by atoms with Crippen LogP contribution in [0.4, 0.5) is 0 Å². The van der Waals surface area contributed by atoms with Crippen LogP contribution in [0.3, 0.4) is 0 Å². The van der Waals surface area contributed by atoms with Crippen LogP contribution in [-0.4, -0.2) is 36.9 Å². The van der Waals surface area contributed by atoms with Crippen LogP contribution in [-0.2, 0) is 16.3 Å². The lowest BCUT2D eigenvalue weighted by Gasteiger charge is -2.31. The highest BCUT2D eigenvalue weighted by Gasteiger charge is 2.30. The Morgan fingerprint density at radius 2 is 1.73 bits per heavy atom. The standard InChI is InChI=1S/C23H27N3O2S.ClH/c27-29(28,22-11-7-10-20-18-24-15-14-21(20)22)23(25-26-16-5-2-6-17-26)13-12-19-8-3-1-4-9-19;/h1,3-4,7-11,14-15,18,23,25H,2,5-6,12-13,16-17H2;1H. The predicted molar refractivity (Wildman–Crippen MR) is 123 cm³/mol. The molecule has 1 aromatic heterocycles. The molecule has 1 fully saturated rings. The second-order valence-corrected chi connectivity index (χ2v) is 9.69. The molecule has 0 radical (unpaired) electrons. The molecule has 5 nitrogen and oxygen atoms in total. The molecule has 7 heteroatoms. The van der Waals surface area contributed by atoms with Gasteiger partial charge in [0.05, 0.1) is 4.90 Å². The van der Waals surface area contributed by atoms with Gasteiger partial charge in [0.1, 0.15) is 5.37 Å². The first kappa shape index (κ1) is 22.7. The Morgan fingerprint density at radius 3 is 2.50 bits per heavy atom. The highest BCUT2D eigenvalue weighted by molar-refractivity contribution is 7.92. The molecule has 0 bridgehead atoms. The number of hydrogen-bond acceptors (Lipinski definition) is 5. The van der Waals surface area contributed by atoms with Gasteiger partial charge in [-0.3, -0.25) is 4.98 Å². The monoisotopic (exact) mass is 445 g/mol. The summed E-state index contributed by atoms with van der Waals surface area (Å²) in [6.07, 6.45) is 7.98. The van der Waals surface area contributed by atoms with Crippen molar-refractivity contribution in [3.8, 4) is 0 Å². The molecular formula is C23H28ClN3O2S. The smallest absolute Gasteiger partial charge is 0.196 e. The molecule has 1 aliphatic heterocycles. The molecular weight excluding hydrogens is 418 g/mol. The molecule has 3 aromatic rings. The van der Waals surface area contributed by atoms with E-state index in [2.05, 4.69) is 15.4 Å². The number of pyridine rings is 1. The summed E-state index contributed by atoms with van der Waals surface area (Å²) in [4.78, 5) is 4.51. The predicted octanol–water partition coefficient (Wildman–Crippen LogP) is 4.38. The number of fused-ring (bicyclic) bond motifs is 1. The van der Waals surface area contributed by atoms with Gasteiger partial charge in [-0.25, -0.2) is 18.9 Å². The van der Waals surface area contributed by atoms with Crippen molar-refractivity contribution >= 4 is 33.0 Å². The largest absolute Gasteiger partial charge is 0.264 e. The van der Waals surface area contributed by atoms with Crippen molar-refractivity contribution in [1.29, 1.82) is 0 Å². The van der Waals surface area contributed by atoms with Crippen LogP contribution < -0.4 is 5.43 Å². The minimum atomic E-state index is -3.58. The Hall–Kier alpha value is -1.99. The van der Waals surface area contributed by atoms with Gasteiger partial charge in [0.15, 0.2) is 9.84 Å². The molecule has 0 aliphatic carbocycles. The fraction of sp³-hybridized carbons (Fsp3) is 0.348. The number of hydrazine groups is 1. The molecule has 2 heterocycles. The molecule has 4 rings (SSSR count). The molecule has 30 heavy (non-hydrogen) atoms. The minimum absolute atomic E-state index is 0. The fourth-order valence-electron chi connectivity index (χ4n) is 3.95. The van der Waals surface area contributed by atoms with Crippen molar-refractivity contribution in [2.24, 2.45) is 0 Å². The summed E-state index contributed by atoms with van der Waals surface area (Å²) in [5.74, 6) is 0. The first-order valence-corrected chi connectivity index (χ1v) is 11.8. The van der Waals surface area contributed by atoms with Crippen LogP contribution in [0.5, 0.6) is 0 Å². The summed E-state index contributed by atoms with van der Waals surface area (Å²) in [6, 6.07) is 17.3. The van der Waals surface area contributed by atoms with Crippen LogP contribution in [0.15, 0.2) is 71.9 Å². The van der Waals surface area contributed by atoms with E-state index in [0.717, 1.165) is 42.3 Å². The van der Waals surface area contributed by atoms with Crippen molar-refractivity contribution in [2.45, 2.75) is 42.4 Å². The Bertz CT molecular complexity index is 1050. The zero-order valence-corrected chi connectivity index (χ0v) is 18.5. The third kappa shape index (κ3) is 5.19. The van der Waals surface area contributed by atoms with Gasteiger partial charge >= 0.3 is 0 Å². The lowest BCUT2D eigenvalue weighted by Crippen LogP contribution is -2.50. The number of benzene rings is 2. The van der Waals surface area contributed by atoms with Crippen LogP contribution in [0.1, 0.15) is 31.2 Å². The topological polar surface area (TPSA) is 62.3 Å². The average molecular weight is 446 g/mol. The van der Waals surface area contributed by atoms with Gasteiger partial charge in [-0.1, -0.05) is 48.9 Å². The molecule has 0 saturated carbocycles. The van der Waals surface area contributed by atoms with Crippen LogP contribution in [0.25, 0.3) is 10.8 Å². The van der Waals surface area contributed by atoms with Crippen LogP contribution in [0, 0.1) is 0 Å². The molecule has 160 valence electrons. The summed E-state index contributed by atoms with van der Waals surface area (Å²) in [6.45, 7) is 1.77. The van der Waals surface area contributed by atoms with E-state index in [9.17, 15) is 8.42 Å². The van der Waals surface area contributed by atoms with Crippen molar-refractivity contribution in [2.75, 3.05) is 13.1 Å². The van der Waals surface area contributed by atoms with E-state index < -0.39 is 15.2 Å². The number of rotatable bonds is 7. The minimum Gasteiger partial charge on any atom is -0.264 e. The van der Waals surface area contributed by atoms with Gasteiger partial charge in [-0.2, -0.15) is 0 Å². The van der Waals surface area contributed by atoms with E-state index in [0.29, 0.717) is 17.7 Å². The molecule has 1 unspecified atom stereocenters. The zero-order valence-electron chi connectivity index (χ0n) is 16.9. The maximum absolute atomic E-state index is 13.7. The van der Waals surface area contributed by atoms with E-state index >= 15 is 0 Å². The molecule has 0 amide bonds. The van der Waals surface area contributed by atoms with Gasteiger partial charge in [-0.15, -0.1) is 12.4 Å². The summed E-state index contributed by atoms with van der Waals surface area (Å²) in [7, 11) is -3.58. The molecule has 1 atom stereocenters. The van der Waals surface area contributed by atoms with E-state index in [4.69, 9.17) is 0 Å². The van der Waals surface area contributed by atoms with Crippen molar-refractivity contribution in [3.63, 3.8) is 0 Å². The van der Waals surface area contributed by atoms with Crippen molar-refractivity contribution in [1.82, 2.24) is 15.4 Å². The van der Waals surface area contributed by atoms with E-state index in [1.165, 1.54) is 6.42 Å². The zero-order chi connectivity index (χ0) is 20.1. The number of aromatic nitrogens is 1. The van der Waals surface area contributed by atoms with E-state index in [1.54, 1.807) is 30.6 Å². The van der Waals surface area contributed by atoms with E-state index in [1.807, 2.05) is 36.4 Å². The van der Waals surface area contributed by atoms with Crippen molar-refractivity contribution < 1.29 is 8.42 Å². The maximum atomic E-state index is 13.7. The third-order valence-electron chi connectivity index (χ3n) is 5.54. The Balaban J connectivity index is 0.00000256. The van der Waals surface area contributed by atoms with Crippen molar-refractivity contribution in [3.05, 3.63) is 72.6 Å². The van der Waals surface area contributed by atoms with Gasteiger partial charge in [0.25, 0.3) is 0 Å². The second-order valence-electron chi connectivity index (χ2n) is 7.59. The molecule has 1 saturated heterocycles. The van der Waals surface area contributed by atoms with Gasteiger partial charge in [0.2, 0.25) is 0 Å². The maximum Gasteiger partial charge on any atom is 0.196 e. The van der Waals surface area contributed by atoms with Crippen LogP contribution >= 0.6 is 12.4 Å². The fourth-order valence-corrected chi connectivity index (χ4v) is 5.74. The molecule has 1 N–H and O–H groups in total. The summed E-state index contributed by atoms with van der Waals surface area (Å²) >= 11 is 0. The number of piperidine rings is 1. The lowest BCUT2D eigenvalue weighted by molar-refractivity contribution is 0.144. The number of nitrogens with one attached hydrogen (secondary N) is 1. The number of nitrogens with zero attached hydrogens (tertiary/aromatic N) is 2. The number of hydrogen-bond donors (Lipinski definition) is 1. The summed E-state index contributed by atoms with van der Waals surface area (Å²) < 4.78 is 27.5. The Kier molecular flexibility index (Phi) is 7.83. The van der Waals surface area contributed by atoms with Gasteiger partial charge < -0.3 is 0 Å². The SMILES string of the molecule is Cl.O=S(=O)(c1cccc2cnccc12)C(CCc1ccccc1)NN1CCCCC1. The summed E-state index contributed by atoms with van der Waals surface area (Å²) in [5.41, 5.74) is 4.51. The quantitative estimate of drug-likeness (QED) is 0.584. The van der Waals surface area contributed by atoms with Crippen LogP contribution in [0.2, 0.25) is 0 Å². The molecule has 1 aliphatic rings. The first-order valence-electron chi connectivity index (χ1n) is 10.3. The van der Waals surface area contributed by atoms with Gasteiger partial charge in [-0.05, 0) is 43.4 Å². The van der Waals surface area contributed by atoms with E-state index in [-0.39, 0.29) is 12.4 Å². The Labute approximate surface area is 184 Å². The van der Waals surface area contributed by atoms with Gasteiger partial charge in [0, 0.05) is 36.3 Å². The molecule has 0 spiro atoms. The Morgan fingerprint density at radius 1 is 0.967 bits per heavy atom. The first-order chi connectivity index (χ1) is 14.1. The third-order valence-corrected chi connectivity index (χ3v) is 7.60. The second kappa shape index (κ2) is 10.4. The summed E-state index contributed by atoms with van der Waals surface area (Å²) in [5, 5.41) is 2.99. The highest BCUT2D eigenvalue weighted by Crippen LogP contribution is 2.27. The number of sulfone groups is 1. The molecule has 2 aromatic carbocycles. The lowest BCUT2D eigenvalue weighted by atomic mass is 10.1. The normalized spacial score (nSPS) is 16.1. The number of halogens is 1. The average Bonchev–Trinajstić information content (AvgIpc) is 2.77. The highest BCUT2D eigenvalue weighted by atomic mass is 35.5.